The second-order valence-corrected chi connectivity index (χ2v) is 16.7. The number of nitrogens with one attached hydrogen (secondary N) is 1. The molecule has 2 aliphatic rings. The quantitative estimate of drug-likeness (QED) is 0.0631. The van der Waals surface area contributed by atoms with E-state index in [0.29, 0.717) is 140 Å². The van der Waals surface area contributed by atoms with Gasteiger partial charge in [0.05, 0.1) is 122 Å². The molecule has 20 nitrogen and oxygen atoms in total. The predicted molar refractivity (Wildman–Crippen MR) is 248 cm³/mol. The van der Waals surface area contributed by atoms with Crippen LogP contribution in [-0.2, 0) is 44.4 Å². The van der Waals surface area contributed by atoms with Gasteiger partial charge < -0.3 is 52.7 Å². The molecule has 0 unspecified atom stereocenters. The minimum Gasteiger partial charge on any atom is -0.487 e. The zero-order valence-electron chi connectivity index (χ0n) is 39.7. The summed E-state index contributed by atoms with van der Waals surface area (Å²) < 4.78 is 60.5. The van der Waals surface area contributed by atoms with Crippen molar-refractivity contribution in [3.8, 4) is 28.8 Å². The molecule has 4 heterocycles. The van der Waals surface area contributed by atoms with Gasteiger partial charge in [-0.05, 0) is 64.2 Å². The van der Waals surface area contributed by atoms with Gasteiger partial charge in [-0.25, -0.2) is 19.6 Å². The first-order valence-corrected chi connectivity index (χ1v) is 23.6. The van der Waals surface area contributed by atoms with Gasteiger partial charge in [0.1, 0.15) is 36.3 Å². The van der Waals surface area contributed by atoms with Crippen molar-refractivity contribution in [3.05, 3.63) is 55.0 Å². The Balaban J connectivity index is 0.936. The standard InChI is InChI=1S/C47H70N10O10/c1-36-30-55(31-37(2)66-36)42-8-10-43(11-9-42)57-33-44(46(54-57)65-13-5-12-59-16-17-61-20-21-63-24-25-64-23-22-62-19-18-60-15-14-58-4)53-47-50-28-41(29-51-47)39-6-7-40(27-48)45(26-39)67-38(3)32-56-35-49-34-52-56/h6-7,26,28-29,33-38,42-43H,5,8-25,30-32H2,1-4H3,(H,50,51,53)/t36-,37+,38-,42-,43-/m0/s1. The average molecular weight is 935 g/mol. The van der Waals surface area contributed by atoms with Gasteiger partial charge in [0.25, 0.3) is 5.88 Å². The fourth-order valence-electron chi connectivity index (χ4n) is 8.03. The lowest BCUT2D eigenvalue weighted by Crippen LogP contribution is -2.51. The van der Waals surface area contributed by atoms with E-state index < -0.39 is 0 Å². The van der Waals surface area contributed by atoms with Crippen LogP contribution in [0.25, 0.3) is 11.1 Å². The Morgan fingerprint density at radius 1 is 0.776 bits per heavy atom. The zero-order chi connectivity index (χ0) is 46.9. The van der Waals surface area contributed by atoms with Crippen molar-refractivity contribution in [1.29, 1.82) is 5.26 Å². The molecule has 3 atom stereocenters. The van der Waals surface area contributed by atoms with Crippen molar-refractivity contribution in [2.75, 3.05) is 118 Å². The van der Waals surface area contributed by atoms with E-state index in [4.69, 9.17) is 52.5 Å². The van der Waals surface area contributed by atoms with Gasteiger partial charge in [0, 0.05) is 57.2 Å². The third-order valence-electron chi connectivity index (χ3n) is 11.2. The number of rotatable bonds is 32. The number of nitriles is 1. The molecule has 3 aromatic heterocycles. The van der Waals surface area contributed by atoms with Crippen LogP contribution in [0.15, 0.2) is 49.4 Å². The molecule has 1 saturated carbocycles. The molecule has 1 aliphatic heterocycles. The molecule has 0 bridgehead atoms. The number of benzene rings is 1. The Morgan fingerprint density at radius 3 is 1.96 bits per heavy atom. The lowest BCUT2D eigenvalue weighted by Gasteiger charge is -2.42. The van der Waals surface area contributed by atoms with Crippen LogP contribution in [0.1, 0.15) is 64.5 Å². The first-order valence-electron chi connectivity index (χ1n) is 23.6. The summed E-state index contributed by atoms with van der Waals surface area (Å²) in [6.07, 6.45) is 13.8. The zero-order valence-corrected chi connectivity index (χ0v) is 39.7. The summed E-state index contributed by atoms with van der Waals surface area (Å²) in [5.74, 6) is 1.36. The third-order valence-corrected chi connectivity index (χ3v) is 11.2. The van der Waals surface area contributed by atoms with Crippen LogP contribution in [0.3, 0.4) is 0 Å². The first kappa shape index (κ1) is 51.6. The highest BCUT2D eigenvalue weighted by molar-refractivity contribution is 5.67. The van der Waals surface area contributed by atoms with Crippen molar-refractivity contribution in [3.63, 3.8) is 0 Å². The van der Waals surface area contributed by atoms with Crippen LogP contribution in [0, 0.1) is 11.3 Å². The Bertz CT molecular complexity index is 1980. The maximum Gasteiger partial charge on any atom is 0.256 e. The molecular weight excluding hydrogens is 865 g/mol. The molecule has 2 fully saturated rings. The van der Waals surface area contributed by atoms with E-state index in [1.165, 1.54) is 6.33 Å². The van der Waals surface area contributed by atoms with Crippen LogP contribution in [0.5, 0.6) is 11.6 Å². The summed E-state index contributed by atoms with van der Waals surface area (Å²) in [6, 6.07) is 8.46. The Hall–Kier alpha value is -4.82. The van der Waals surface area contributed by atoms with Gasteiger partial charge >= 0.3 is 0 Å². The van der Waals surface area contributed by atoms with Gasteiger partial charge in [-0.3, -0.25) is 9.58 Å². The number of morpholine rings is 1. The number of nitrogens with zero attached hydrogens (tertiary/aromatic N) is 9. The van der Waals surface area contributed by atoms with E-state index >= 15 is 0 Å². The van der Waals surface area contributed by atoms with E-state index in [9.17, 15) is 5.26 Å². The van der Waals surface area contributed by atoms with Crippen LogP contribution in [0.2, 0.25) is 0 Å². The van der Waals surface area contributed by atoms with Crippen LogP contribution in [-0.4, -0.2) is 176 Å². The summed E-state index contributed by atoms with van der Waals surface area (Å²) in [4.78, 5) is 15.9. The van der Waals surface area contributed by atoms with E-state index in [2.05, 4.69) is 50.2 Å². The highest BCUT2D eigenvalue weighted by Gasteiger charge is 2.32. The molecule has 20 heteroatoms. The predicted octanol–water partition coefficient (Wildman–Crippen LogP) is 5.12. The summed E-state index contributed by atoms with van der Waals surface area (Å²) in [7, 11) is 1.65. The number of hydrogen-bond acceptors (Lipinski definition) is 18. The molecule has 1 aliphatic carbocycles. The van der Waals surface area contributed by atoms with Crippen LogP contribution >= 0.6 is 0 Å². The van der Waals surface area contributed by atoms with Crippen LogP contribution < -0.4 is 14.8 Å². The van der Waals surface area contributed by atoms with Gasteiger partial charge in [0.2, 0.25) is 5.95 Å². The molecule has 1 aromatic carbocycles. The largest absolute Gasteiger partial charge is 0.487 e. The molecular formula is C47H70N10O10. The lowest BCUT2D eigenvalue weighted by molar-refractivity contribution is -0.0852. The fraction of sp³-hybridized carbons (Fsp3) is 0.660. The SMILES string of the molecule is COCCOCCOCCOCCOCCOCCOCCCOc1nn([C@H]2CC[C@H](N3C[C@@H](C)O[C@@H](C)C3)CC2)cc1Nc1ncc(-c2ccc(C#N)c(O[C@@H](C)Cn3cncn3)c2)cn1. The maximum absolute atomic E-state index is 9.77. The van der Waals surface area contributed by atoms with Gasteiger partial charge in [-0.1, -0.05) is 6.07 Å². The first-order chi connectivity index (χ1) is 32.9. The molecule has 1 saturated heterocycles. The van der Waals surface area contributed by atoms with E-state index in [0.717, 1.165) is 49.9 Å². The van der Waals surface area contributed by atoms with Crippen molar-refractivity contribution >= 4 is 11.6 Å². The number of ether oxygens (including phenoxy) is 10. The fourth-order valence-corrected chi connectivity index (χ4v) is 8.03. The minimum absolute atomic E-state index is 0.245. The topological polar surface area (TPSA) is 206 Å². The number of methoxy groups -OCH3 is 1. The Morgan fingerprint density at radius 2 is 1.37 bits per heavy atom. The summed E-state index contributed by atoms with van der Waals surface area (Å²) in [6.45, 7) is 15.8. The second-order valence-electron chi connectivity index (χ2n) is 16.7. The van der Waals surface area contributed by atoms with Crippen LogP contribution in [0.4, 0.5) is 11.6 Å². The highest BCUT2D eigenvalue weighted by atomic mass is 16.6. The second kappa shape index (κ2) is 29.2. The van der Waals surface area contributed by atoms with Gasteiger partial charge in [-0.15, -0.1) is 5.10 Å². The molecule has 0 radical (unpaired) electrons. The summed E-state index contributed by atoms with van der Waals surface area (Å²) in [5.41, 5.74) is 2.71. The Labute approximate surface area is 394 Å². The van der Waals surface area contributed by atoms with Crippen molar-refractivity contribution < 1.29 is 47.4 Å². The average Bonchev–Trinajstić information content (AvgIpc) is 4.00. The highest BCUT2D eigenvalue weighted by Crippen LogP contribution is 2.36. The Kier molecular flexibility index (Phi) is 22.4. The molecule has 368 valence electrons. The monoisotopic (exact) mass is 935 g/mol. The van der Waals surface area contributed by atoms with E-state index in [1.807, 2.05) is 29.9 Å². The van der Waals surface area contributed by atoms with Crippen molar-refractivity contribution in [1.82, 2.24) is 39.4 Å². The smallest absolute Gasteiger partial charge is 0.256 e. The van der Waals surface area contributed by atoms with E-state index in [-0.39, 0.29) is 24.4 Å². The third kappa shape index (κ3) is 18.0. The van der Waals surface area contributed by atoms with Crippen molar-refractivity contribution in [2.45, 2.75) is 89.8 Å². The van der Waals surface area contributed by atoms with Crippen molar-refractivity contribution in [2.24, 2.45) is 0 Å². The van der Waals surface area contributed by atoms with Gasteiger partial charge in [0.15, 0.2) is 0 Å². The number of aromatic nitrogens is 7. The lowest BCUT2D eigenvalue weighted by atomic mass is 9.89. The summed E-state index contributed by atoms with van der Waals surface area (Å²) >= 11 is 0. The van der Waals surface area contributed by atoms with Gasteiger partial charge in [-0.2, -0.15) is 10.4 Å². The molecule has 6 rings (SSSR count). The maximum atomic E-state index is 9.77. The molecule has 1 N–H and O–H groups in total. The molecule has 67 heavy (non-hydrogen) atoms. The molecule has 0 amide bonds. The number of anilines is 2. The summed E-state index contributed by atoms with van der Waals surface area (Å²) in [5, 5.41) is 22.2. The van der Waals surface area contributed by atoms with E-state index in [1.54, 1.807) is 36.6 Å². The molecule has 4 aromatic rings. The molecule has 0 spiro atoms. The normalized spacial score (nSPS) is 19.3. The minimum atomic E-state index is -0.251. The number of hydrogen-bond donors (Lipinski definition) is 1.